The van der Waals surface area contributed by atoms with Crippen molar-refractivity contribution in [2.75, 3.05) is 13.2 Å². The molecule has 0 aromatic rings. The summed E-state index contributed by atoms with van der Waals surface area (Å²) in [6.45, 7) is 2.91. The predicted octanol–water partition coefficient (Wildman–Crippen LogP) is 3.29. The van der Waals surface area contributed by atoms with Gasteiger partial charge < -0.3 is 5.32 Å². The fourth-order valence-electron chi connectivity index (χ4n) is 2.37. The third-order valence-electron chi connectivity index (χ3n) is 3.38. The third kappa shape index (κ3) is 4.41. The molecule has 1 saturated carbocycles. The molecule has 1 rings (SSSR count). The molecule has 0 aliphatic heterocycles. The number of nitrogens with one attached hydrogen (secondary N) is 1. The highest BCUT2D eigenvalue weighted by Crippen LogP contribution is 2.25. The van der Waals surface area contributed by atoms with Gasteiger partial charge >= 0.3 is 0 Å². The zero-order valence-electron chi connectivity index (χ0n) is 9.40. The minimum atomic E-state index is -0.190. The van der Waals surface area contributed by atoms with Gasteiger partial charge in [0.25, 0.3) is 0 Å². The van der Waals surface area contributed by atoms with Crippen LogP contribution < -0.4 is 5.32 Å². The molecule has 0 amide bonds. The average molecular weight is 201 g/mol. The lowest BCUT2D eigenvalue weighted by atomic mass is 9.93. The summed E-state index contributed by atoms with van der Waals surface area (Å²) in [5, 5.41) is 3.44. The molecule has 0 unspecified atom stereocenters. The molecule has 1 fully saturated rings. The van der Waals surface area contributed by atoms with Gasteiger partial charge in [0, 0.05) is 6.04 Å². The van der Waals surface area contributed by atoms with Crippen molar-refractivity contribution in [2.24, 2.45) is 5.92 Å². The maximum atomic E-state index is 11.9. The van der Waals surface area contributed by atoms with Crippen molar-refractivity contribution in [3.05, 3.63) is 0 Å². The summed E-state index contributed by atoms with van der Waals surface area (Å²) in [5.74, 6) is 0.831. The third-order valence-corrected chi connectivity index (χ3v) is 3.38. The van der Waals surface area contributed by atoms with Crippen LogP contribution in [0.3, 0.4) is 0 Å². The molecular formula is C12H24FN. The molecule has 1 aliphatic rings. The van der Waals surface area contributed by atoms with Crippen LogP contribution in [0.4, 0.5) is 4.39 Å². The van der Waals surface area contributed by atoms with Gasteiger partial charge in [0.1, 0.15) is 0 Å². The number of hydrogen-bond acceptors (Lipinski definition) is 1. The van der Waals surface area contributed by atoms with E-state index in [1.807, 2.05) is 0 Å². The van der Waals surface area contributed by atoms with Crippen molar-refractivity contribution in [3.63, 3.8) is 0 Å². The molecule has 0 bridgehead atoms. The van der Waals surface area contributed by atoms with E-state index in [1.165, 1.54) is 38.5 Å². The fraction of sp³-hybridized carbons (Fsp3) is 1.00. The highest BCUT2D eigenvalue weighted by molar-refractivity contribution is 4.74. The Bertz CT molecular complexity index is 130. The molecule has 1 nitrogen and oxygen atoms in total. The van der Waals surface area contributed by atoms with E-state index in [1.54, 1.807) is 0 Å². The Morgan fingerprint density at radius 3 is 2.43 bits per heavy atom. The van der Waals surface area contributed by atoms with Crippen LogP contribution in [0.15, 0.2) is 0 Å². The van der Waals surface area contributed by atoms with Crippen LogP contribution in [0.5, 0.6) is 0 Å². The van der Waals surface area contributed by atoms with Crippen LogP contribution in [0.1, 0.15) is 51.9 Å². The van der Waals surface area contributed by atoms with E-state index in [-0.39, 0.29) is 6.67 Å². The van der Waals surface area contributed by atoms with Crippen LogP contribution in [0, 0.1) is 5.92 Å². The first-order chi connectivity index (χ1) is 6.84. The van der Waals surface area contributed by atoms with E-state index in [0.717, 1.165) is 12.5 Å². The molecule has 0 aromatic heterocycles. The van der Waals surface area contributed by atoms with Gasteiger partial charge in [0.15, 0.2) is 0 Å². The Kier molecular flexibility index (Phi) is 6.17. The molecule has 0 spiro atoms. The second-order valence-electron chi connectivity index (χ2n) is 4.54. The van der Waals surface area contributed by atoms with Crippen LogP contribution in [0.25, 0.3) is 0 Å². The van der Waals surface area contributed by atoms with Crippen molar-refractivity contribution < 1.29 is 4.39 Å². The SMILES string of the molecule is C[C@H](NCCCF)C1CCCCCC1. The lowest BCUT2D eigenvalue weighted by molar-refractivity contribution is 0.330. The number of hydrogen-bond donors (Lipinski definition) is 1. The zero-order valence-corrected chi connectivity index (χ0v) is 9.40. The van der Waals surface area contributed by atoms with E-state index < -0.39 is 0 Å². The van der Waals surface area contributed by atoms with Crippen molar-refractivity contribution in [2.45, 2.75) is 57.9 Å². The molecule has 0 saturated heterocycles. The number of alkyl halides is 1. The van der Waals surface area contributed by atoms with Crippen LogP contribution in [-0.4, -0.2) is 19.3 Å². The van der Waals surface area contributed by atoms with Crippen LogP contribution in [-0.2, 0) is 0 Å². The van der Waals surface area contributed by atoms with E-state index in [9.17, 15) is 4.39 Å². The largest absolute Gasteiger partial charge is 0.314 e. The van der Waals surface area contributed by atoms with Crippen molar-refractivity contribution >= 4 is 0 Å². The Labute approximate surface area is 87.5 Å². The molecule has 0 radical (unpaired) electrons. The molecule has 84 valence electrons. The summed E-state index contributed by atoms with van der Waals surface area (Å²) in [6, 6.07) is 0.583. The fourth-order valence-corrected chi connectivity index (χ4v) is 2.37. The smallest absolute Gasteiger partial charge is 0.0906 e. The van der Waals surface area contributed by atoms with Gasteiger partial charge in [-0.05, 0) is 38.6 Å². The first-order valence-corrected chi connectivity index (χ1v) is 6.14. The molecule has 14 heavy (non-hydrogen) atoms. The summed E-state index contributed by atoms with van der Waals surface area (Å²) in [4.78, 5) is 0. The molecule has 1 atom stereocenters. The Morgan fingerprint density at radius 2 is 1.86 bits per heavy atom. The minimum absolute atomic E-state index is 0.190. The van der Waals surface area contributed by atoms with Gasteiger partial charge in [0.2, 0.25) is 0 Å². The van der Waals surface area contributed by atoms with Gasteiger partial charge in [-0.15, -0.1) is 0 Å². The van der Waals surface area contributed by atoms with E-state index in [2.05, 4.69) is 12.2 Å². The van der Waals surface area contributed by atoms with E-state index >= 15 is 0 Å². The average Bonchev–Trinajstić information content (AvgIpc) is 2.46. The highest BCUT2D eigenvalue weighted by atomic mass is 19.1. The summed E-state index contributed by atoms with van der Waals surface area (Å²) >= 11 is 0. The monoisotopic (exact) mass is 201 g/mol. The summed E-state index contributed by atoms with van der Waals surface area (Å²) in [7, 11) is 0. The Balaban J connectivity index is 2.16. The van der Waals surface area contributed by atoms with E-state index in [0.29, 0.717) is 12.5 Å². The van der Waals surface area contributed by atoms with Crippen molar-refractivity contribution in [3.8, 4) is 0 Å². The summed E-state index contributed by atoms with van der Waals surface area (Å²) in [5.41, 5.74) is 0. The molecule has 2 heteroatoms. The maximum absolute atomic E-state index is 11.9. The molecule has 0 heterocycles. The van der Waals surface area contributed by atoms with Gasteiger partial charge in [-0.3, -0.25) is 4.39 Å². The highest BCUT2D eigenvalue weighted by Gasteiger charge is 2.17. The van der Waals surface area contributed by atoms with Crippen molar-refractivity contribution in [1.29, 1.82) is 0 Å². The van der Waals surface area contributed by atoms with Crippen molar-refractivity contribution in [1.82, 2.24) is 5.32 Å². The lowest BCUT2D eigenvalue weighted by Gasteiger charge is -2.23. The normalized spacial score (nSPS) is 21.9. The molecule has 0 aromatic carbocycles. The van der Waals surface area contributed by atoms with Crippen LogP contribution in [0.2, 0.25) is 0 Å². The summed E-state index contributed by atoms with van der Waals surface area (Å²) < 4.78 is 11.9. The minimum Gasteiger partial charge on any atom is -0.314 e. The van der Waals surface area contributed by atoms with E-state index in [4.69, 9.17) is 0 Å². The second kappa shape index (κ2) is 7.22. The molecule has 1 N–H and O–H groups in total. The number of rotatable bonds is 5. The maximum Gasteiger partial charge on any atom is 0.0906 e. The first-order valence-electron chi connectivity index (χ1n) is 6.14. The van der Waals surface area contributed by atoms with Gasteiger partial charge in [0.05, 0.1) is 6.67 Å². The van der Waals surface area contributed by atoms with Gasteiger partial charge in [-0.25, -0.2) is 0 Å². The quantitative estimate of drug-likeness (QED) is 0.531. The van der Waals surface area contributed by atoms with Gasteiger partial charge in [-0.1, -0.05) is 25.7 Å². The second-order valence-corrected chi connectivity index (χ2v) is 4.54. The zero-order chi connectivity index (χ0) is 10.2. The Hall–Kier alpha value is -0.110. The standard InChI is InChI=1S/C12H24FN/c1-11(14-10-6-9-13)12-7-4-2-3-5-8-12/h11-12,14H,2-10H2,1H3/t11-/m0/s1. The molecular weight excluding hydrogens is 177 g/mol. The summed E-state index contributed by atoms with van der Waals surface area (Å²) in [6.07, 6.45) is 8.99. The topological polar surface area (TPSA) is 12.0 Å². The van der Waals surface area contributed by atoms with Crippen LogP contribution >= 0.6 is 0 Å². The first kappa shape index (κ1) is 12.0. The molecule has 1 aliphatic carbocycles. The predicted molar refractivity (Wildman–Crippen MR) is 59.2 cm³/mol. The Morgan fingerprint density at radius 1 is 1.21 bits per heavy atom. The van der Waals surface area contributed by atoms with Gasteiger partial charge in [-0.2, -0.15) is 0 Å². The lowest BCUT2D eigenvalue weighted by Crippen LogP contribution is -2.34. The number of halogens is 1.